The molecular weight excluding hydrogens is 442 g/mol. The number of benzene rings is 2. The van der Waals surface area contributed by atoms with Crippen LogP contribution in [0.4, 0.5) is 11.5 Å². The fraction of sp³-hybridized carbons (Fsp3) is 0.148. The first-order valence-corrected chi connectivity index (χ1v) is 11.1. The molecule has 35 heavy (non-hydrogen) atoms. The molecule has 0 saturated heterocycles. The largest absolute Gasteiger partial charge is 0.383 e. The summed E-state index contributed by atoms with van der Waals surface area (Å²) in [6.07, 6.45) is 3.10. The monoisotopic (exact) mass is 469 g/mol. The van der Waals surface area contributed by atoms with Gasteiger partial charge in [-0.3, -0.25) is 19.1 Å². The zero-order valence-electron chi connectivity index (χ0n) is 19.9. The summed E-state index contributed by atoms with van der Waals surface area (Å²) in [6.45, 7) is 4.15. The summed E-state index contributed by atoms with van der Waals surface area (Å²) in [5, 5.41) is 0. The van der Waals surface area contributed by atoms with Gasteiger partial charge in [-0.15, -0.1) is 0 Å². The number of aromatic amines is 1. The highest BCUT2D eigenvalue weighted by Gasteiger charge is 2.20. The number of carbonyl (C=O) groups excluding carboxylic acids is 1. The summed E-state index contributed by atoms with van der Waals surface area (Å²) in [5.41, 5.74) is 9.54. The number of hydrogen-bond acceptors (Lipinski definition) is 4. The lowest BCUT2D eigenvalue weighted by atomic mass is 10.2. The second kappa shape index (κ2) is 9.72. The van der Waals surface area contributed by atoms with E-state index in [9.17, 15) is 14.4 Å². The van der Waals surface area contributed by atoms with Gasteiger partial charge in [-0.2, -0.15) is 0 Å². The van der Waals surface area contributed by atoms with Crippen molar-refractivity contribution in [2.45, 2.75) is 20.4 Å². The first-order chi connectivity index (χ1) is 16.8. The van der Waals surface area contributed by atoms with Crippen molar-refractivity contribution in [3.63, 3.8) is 0 Å². The molecule has 1 amide bonds. The first-order valence-electron chi connectivity index (χ1n) is 11.1. The molecule has 2 heterocycles. The van der Waals surface area contributed by atoms with Crippen LogP contribution in [0.25, 0.3) is 11.8 Å². The van der Waals surface area contributed by atoms with Crippen molar-refractivity contribution in [3.8, 4) is 5.69 Å². The van der Waals surface area contributed by atoms with Crippen LogP contribution in [-0.2, 0) is 11.3 Å². The number of amides is 1. The van der Waals surface area contributed by atoms with Crippen LogP contribution in [0.5, 0.6) is 0 Å². The third-order valence-electron chi connectivity index (χ3n) is 5.95. The molecular formula is C27H27N5O3. The van der Waals surface area contributed by atoms with Crippen molar-refractivity contribution >= 4 is 23.5 Å². The molecule has 0 atom stereocenters. The Morgan fingerprint density at radius 3 is 2.31 bits per heavy atom. The van der Waals surface area contributed by atoms with Gasteiger partial charge in [0, 0.05) is 30.2 Å². The van der Waals surface area contributed by atoms with E-state index in [-0.39, 0.29) is 18.1 Å². The van der Waals surface area contributed by atoms with Gasteiger partial charge in [0.1, 0.15) is 5.82 Å². The average molecular weight is 470 g/mol. The molecule has 8 nitrogen and oxygen atoms in total. The van der Waals surface area contributed by atoms with Crippen LogP contribution >= 0.6 is 0 Å². The zero-order chi connectivity index (χ0) is 25.1. The number of nitrogens with zero attached hydrogens (tertiary/aromatic N) is 3. The van der Waals surface area contributed by atoms with Crippen molar-refractivity contribution in [2.75, 3.05) is 17.7 Å². The minimum Gasteiger partial charge on any atom is -0.383 e. The van der Waals surface area contributed by atoms with Crippen LogP contribution in [0.1, 0.15) is 22.5 Å². The fourth-order valence-corrected chi connectivity index (χ4v) is 4.14. The number of aryl methyl sites for hydroxylation is 1. The minimum atomic E-state index is -0.719. The van der Waals surface area contributed by atoms with E-state index in [1.54, 1.807) is 6.08 Å². The summed E-state index contributed by atoms with van der Waals surface area (Å²) in [4.78, 5) is 41.4. The lowest BCUT2D eigenvalue weighted by Crippen LogP contribution is -2.39. The van der Waals surface area contributed by atoms with E-state index in [0.717, 1.165) is 33.1 Å². The fourth-order valence-electron chi connectivity index (χ4n) is 4.14. The van der Waals surface area contributed by atoms with Gasteiger partial charge in [-0.05, 0) is 49.2 Å². The standard InChI is InChI=1S/C27H27N5O3/c1-18-16-21(19(2)32(18)22-12-8-5-9-13-22)14-15-23(33)30(3)24-25(28)31(27(35)29-26(24)34)17-20-10-6-4-7-11-20/h4-16H,17,28H2,1-3H3,(H,29,34,35)/b15-14+. The number of aromatic nitrogens is 3. The Labute approximate surface area is 202 Å². The van der Waals surface area contributed by atoms with Gasteiger partial charge >= 0.3 is 5.69 Å². The molecule has 0 spiro atoms. The second-order valence-corrected chi connectivity index (χ2v) is 8.29. The number of anilines is 2. The van der Waals surface area contributed by atoms with E-state index in [0.29, 0.717) is 0 Å². The number of nitrogens with one attached hydrogen (secondary N) is 1. The topological polar surface area (TPSA) is 106 Å². The van der Waals surface area contributed by atoms with Gasteiger partial charge in [0.05, 0.1) is 6.54 Å². The SMILES string of the molecule is Cc1cc(/C=C/C(=O)N(C)c2c(N)n(Cc3ccccc3)c(=O)[nH]c2=O)c(C)n1-c1ccccc1. The smallest absolute Gasteiger partial charge is 0.330 e. The van der Waals surface area contributed by atoms with E-state index in [1.165, 1.54) is 17.7 Å². The van der Waals surface area contributed by atoms with Gasteiger partial charge in [-0.25, -0.2) is 4.79 Å². The van der Waals surface area contributed by atoms with E-state index >= 15 is 0 Å². The Bertz CT molecular complexity index is 1510. The summed E-state index contributed by atoms with van der Waals surface area (Å²) in [7, 11) is 1.46. The summed E-state index contributed by atoms with van der Waals surface area (Å²) in [6, 6.07) is 21.2. The van der Waals surface area contributed by atoms with Crippen molar-refractivity contribution in [3.05, 3.63) is 116 Å². The molecule has 4 aromatic rings. The van der Waals surface area contributed by atoms with Crippen LogP contribution in [-0.4, -0.2) is 27.1 Å². The van der Waals surface area contributed by atoms with Crippen LogP contribution in [0.3, 0.4) is 0 Å². The molecule has 0 aliphatic heterocycles. The lowest BCUT2D eigenvalue weighted by molar-refractivity contribution is -0.113. The number of hydrogen-bond donors (Lipinski definition) is 2. The van der Waals surface area contributed by atoms with Crippen LogP contribution in [0.2, 0.25) is 0 Å². The van der Waals surface area contributed by atoms with Crippen molar-refractivity contribution in [1.29, 1.82) is 0 Å². The molecule has 0 unspecified atom stereocenters. The number of para-hydroxylation sites is 1. The summed E-state index contributed by atoms with van der Waals surface area (Å²) < 4.78 is 3.35. The highest BCUT2D eigenvalue weighted by atomic mass is 16.2. The van der Waals surface area contributed by atoms with Crippen LogP contribution in [0, 0.1) is 13.8 Å². The van der Waals surface area contributed by atoms with Gasteiger partial charge < -0.3 is 15.2 Å². The maximum atomic E-state index is 13.0. The summed E-state index contributed by atoms with van der Waals surface area (Å²) in [5.74, 6) is -0.522. The van der Waals surface area contributed by atoms with Crippen molar-refractivity contribution in [1.82, 2.24) is 14.1 Å². The molecule has 0 bridgehead atoms. The Morgan fingerprint density at radius 1 is 1.03 bits per heavy atom. The molecule has 0 saturated carbocycles. The second-order valence-electron chi connectivity index (χ2n) is 8.29. The third kappa shape index (κ3) is 4.72. The molecule has 0 aliphatic rings. The molecule has 178 valence electrons. The van der Waals surface area contributed by atoms with E-state index < -0.39 is 17.2 Å². The predicted molar refractivity (Wildman–Crippen MR) is 139 cm³/mol. The molecule has 4 rings (SSSR count). The van der Waals surface area contributed by atoms with Crippen LogP contribution < -0.4 is 21.9 Å². The lowest BCUT2D eigenvalue weighted by Gasteiger charge is -2.19. The predicted octanol–water partition coefficient (Wildman–Crippen LogP) is 3.25. The van der Waals surface area contributed by atoms with E-state index in [2.05, 4.69) is 9.55 Å². The van der Waals surface area contributed by atoms with Gasteiger partial charge in [-0.1, -0.05) is 48.5 Å². The van der Waals surface area contributed by atoms with Crippen molar-refractivity contribution < 1.29 is 4.79 Å². The highest BCUT2D eigenvalue weighted by molar-refractivity contribution is 6.04. The molecule has 0 aliphatic carbocycles. The molecule has 2 aromatic heterocycles. The number of nitrogen functional groups attached to an aromatic ring is 1. The normalized spacial score (nSPS) is 11.2. The van der Waals surface area contributed by atoms with Gasteiger partial charge in [0.25, 0.3) is 11.5 Å². The third-order valence-corrected chi connectivity index (χ3v) is 5.95. The Morgan fingerprint density at radius 2 is 1.66 bits per heavy atom. The molecule has 0 radical (unpaired) electrons. The maximum absolute atomic E-state index is 13.0. The van der Waals surface area contributed by atoms with E-state index in [1.807, 2.05) is 80.6 Å². The quantitative estimate of drug-likeness (QED) is 0.423. The highest BCUT2D eigenvalue weighted by Crippen LogP contribution is 2.22. The van der Waals surface area contributed by atoms with Gasteiger partial charge in [0.2, 0.25) is 0 Å². The van der Waals surface area contributed by atoms with E-state index in [4.69, 9.17) is 5.73 Å². The minimum absolute atomic E-state index is 0.0749. The Hall–Kier alpha value is -4.59. The molecule has 3 N–H and O–H groups in total. The van der Waals surface area contributed by atoms with Crippen LogP contribution in [0.15, 0.2) is 82.4 Å². The zero-order valence-corrected chi connectivity index (χ0v) is 19.9. The average Bonchev–Trinajstić information content (AvgIpc) is 3.13. The number of rotatable bonds is 6. The Kier molecular flexibility index (Phi) is 6.55. The van der Waals surface area contributed by atoms with Crippen molar-refractivity contribution in [2.24, 2.45) is 0 Å². The van der Waals surface area contributed by atoms with Gasteiger partial charge in [0.15, 0.2) is 5.69 Å². The number of carbonyl (C=O) groups is 1. The molecule has 0 fully saturated rings. The molecule has 8 heteroatoms. The molecule has 2 aromatic carbocycles. The maximum Gasteiger partial charge on any atom is 0.330 e. The summed E-state index contributed by atoms with van der Waals surface area (Å²) >= 11 is 0. The first kappa shape index (κ1) is 23.6. The number of likely N-dealkylation sites (N-methyl/N-ethyl adjacent to an activating group) is 1. The Balaban J connectivity index is 1.63. The number of H-pyrrole nitrogens is 1. The number of nitrogens with two attached hydrogens (primary N) is 1.